The van der Waals surface area contributed by atoms with Gasteiger partial charge in [0.15, 0.2) is 0 Å². The maximum Gasteiger partial charge on any atom is 0.410 e. The van der Waals surface area contributed by atoms with Crippen molar-refractivity contribution >= 4 is 39.9 Å². The van der Waals surface area contributed by atoms with Gasteiger partial charge in [-0.25, -0.2) is 19.6 Å². The van der Waals surface area contributed by atoms with Crippen molar-refractivity contribution in [2.24, 2.45) is 17.8 Å². The number of carbonyl (C=O) groups is 3. The average molecular weight is 790 g/mol. The second-order valence-corrected chi connectivity index (χ2v) is 17.6. The maximum atomic E-state index is 14.0. The second-order valence-electron chi connectivity index (χ2n) is 17.6. The van der Waals surface area contributed by atoms with E-state index in [-0.39, 0.29) is 42.0 Å². The van der Waals surface area contributed by atoms with Crippen molar-refractivity contribution in [3.63, 3.8) is 0 Å². The van der Waals surface area contributed by atoms with Gasteiger partial charge in [0.25, 0.3) is 0 Å². The summed E-state index contributed by atoms with van der Waals surface area (Å²) in [5, 5.41) is 4.76. The molecular formula is C44H51N7O7. The number of nitrogens with one attached hydrogen (secondary N) is 3. The minimum Gasteiger partial charge on any atom is -0.488 e. The highest BCUT2D eigenvalue weighted by Gasteiger charge is 2.56. The monoisotopic (exact) mass is 789 g/mol. The molecule has 4 aliphatic rings. The lowest BCUT2D eigenvalue weighted by molar-refractivity contribution is -0.136. The molecule has 9 rings (SSSR count). The van der Waals surface area contributed by atoms with Gasteiger partial charge in [-0.3, -0.25) is 9.69 Å². The summed E-state index contributed by atoms with van der Waals surface area (Å²) in [7, 11) is 2.99. The Balaban J connectivity index is 0.977. The van der Waals surface area contributed by atoms with Crippen LogP contribution in [0.2, 0.25) is 0 Å². The third-order valence-corrected chi connectivity index (χ3v) is 12.1. The number of imidazole rings is 2. The molecule has 3 amide bonds. The predicted octanol–water partition coefficient (Wildman–Crippen LogP) is 7.65. The van der Waals surface area contributed by atoms with Gasteiger partial charge in [-0.1, -0.05) is 32.0 Å². The van der Waals surface area contributed by atoms with Crippen LogP contribution in [0, 0.1) is 17.8 Å². The number of H-pyrrole nitrogens is 2. The van der Waals surface area contributed by atoms with Gasteiger partial charge in [-0.05, 0) is 98.2 Å². The van der Waals surface area contributed by atoms with Gasteiger partial charge in [-0.15, -0.1) is 0 Å². The summed E-state index contributed by atoms with van der Waals surface area (Å²) in [6.07, 6.45) is 3.38. The lowest BCUT2D eigenvalue weighted by Gasteiger charge is -2.31. The van der Waals surface area contributed by atoms with Crippen LogP contribution in [-0.2, 0) is 25.6 Å². The van der Waals surface area contributed by atoms with Crippen molar-refractivity contribution < 1.29 is 33.3 Å². The molecule has 1 saturated carbocycles. The first kappa shape index (κ1) is 37.9. The molecule has 3 aromatic carbocycles. The molecule has 3 aliphatic heterocycles. The highest BCUT2D eigenvalue weighted by atomic mass is 16.6. The minimum atomic E-state index is -0.692. The molecule has 1 unspecified atom stereocenters. The Kier molecular flexibility index (Phi) is 9.37. The van der Waals surface area contributed by atoms with Crippen molar-refractivity contribution in [1.82, 2.24) is 35.1 Å². The number of benzene rings is 3. The molecule has 14 nitrogen and oxygen atoms in total. The summed E-state index contributed by atoms with van der Waals surface area (Å²) in [5.74, 6) is 2.65. The van der Waals surface area contributed by atoms with Gasteiger partial charge < -0.3 is 39.1 Å². The predicted molar refractivity (Wildman–Crippen MR) is 217 cm³/mol. The first-order valence-corrected chi connectivity index (χ1v) is 20.2. The largest absolute Gasteiger partial charge is 0.488 e. The fourth-order valence-corrected chi connectivity index (χ4v) is 9.22. The van der Waals surface area contributed by atoms with Crippen molar-refractivity contribution in [3.8, 4) is 28.1 Å². The van der Waals surface area contributed by atoms with Crippen molar-refractivity contribution in [2.45, 2.75) is 90.3 Å². The maximum absolute atomic E-state index is 14.0. The van der Waals surface area contributed by atoms with E-state index >= 15 is 0 Å². The molecule has 3 fully saturated rings. The molecule has 0 bridgehead atoms. The minimum absolute atomic E-state index is 0.104. The number of rotatable bonds is 8. The summed E-state index contributed by atoms with van der Waals surface area (Å²) in [5.41, 5.74) is 6.12. The van der Waals surface area contributed by atoms with E-state index in [2.05, 4.69) is 51.7 Å². The van der Waals surface area contributed by atoms with E-state index in [4.69, 9.17) is 28.9 Å². The van der Waals surface area contributed by atoms with Gasteiger partial charge in [0, 0.05) is 36.6 Å². The molecule has 5 aromatic rings. The number of aromatic nitrogens is 4. The van der Waals surface area contributed by atoms with Crippen LogP contribution in [-0.4, -0.2) is 92.9 Å². The van der Waals surface area contributed by atoms with Crippen LogP contribution in [0.5, 0.6) is 5.75 Å². The Labute approximate surface area is 337 Å². The van der Waals surface area contributed by atoms with Crippen LogP contribution < -0.4 is 10.1 Å². The Morgan fingerprint density at radius 1 is 0.983 bits per heavy atom. The molecule has 5 heterocycles. The fourth-order valence-electron chi connectivity index (χ4n) is 9.22. The zero-order valence-electron chi connectivity index (χ0n) is 34.0. The van der Waals surface area contributed by atoms with E-state index in [9.17, 15) is 14.4 Å². The van der Waals surface area contributed by atoms with Gasteiger partial charge in [0.05, 0.1) is 48.7 Å². The lowest BCUT2D eigenvalue weighted by atomic mass is 9.92. The molecule has 0 spiro atoms. The standard InChI is InChI=1S/C44H51N7O7/c1-22(2)37(49-42(53)56-7)41(52)51-33-15-26(33)16-35(51)40-46-31-11-9-24-14-30-28-10-8-25(13-27(28)21-57-36(30)17-29(24)38(31)48-40)32-18-45-39(47-32)34-12-23(20-55-6)19-50(34)43(54)58-44(3,4)5/h8-11,13-14,17-18,22-23,26,33-35,37H,12,15-16,19-21H2,1-7H3,(H,45,47)(H,46,48)(H,49,53)/t23-,26?,33+,34-,35-,37-/m0/s1. The molecule has 304 valence electrons. The highest BCUT2D eigenvalue weighted by molar-refractivity contribution is 6.07. The highest BCUT2D eigenvalue weighted by Crippen LogP contribution is 2.54. The van der Waals surface area contributed by atoms with Crippen LogP contribution in [0.3, 0.4) is 0 Å². The van der Waals surface area contributed by atoms with Crippen molar-refractivity contribution in [2.75, 3.05) is 27.4 Å². The summed E-state index contributed by atoms with van der Waals surface area (Å²) in [4.78, 5) is 60.0. The molecule has 0 radical (unpaired) electrons. The summed E-state index contributed by atoms with van der Waals surface area (Å²) in [6, 6.07) is 13.8. The summed E-state index contributed by atoms with van der Waals surface area (Å²) < 4.78 is 22.5. The molecule has 6 atom stereocenters. The van der Waals surface area contributed by atoms with E-state index in [1.807, 2.05) is 51.8 Å². The van der Waals surface area contributed by atoms with Gasteiger partial charge in [0.2, 0.25) is 5.91 Å². The zero-order valence-corrected chi connectivity index (χ0v) is 34.0. The Hall–Kier alpha value is -5.63. The third kappa shape index (κ3) is 6.80. The number of hydrogen-bond acceptors (Lipinski definition) is 9. The smallest absolute Gasteiger partial charge is 0.410 e. The topological polar surface area (TPSA) is 164 Å². The molecule has 1 aliphatic carbocycles. The summed E-state index contributed by atoms with van der Waals surface area (Å²) >= 11 is 0. The number of amides is 3. The Bertz CT molecular complexity index is 2430. The van der Waals surface area contributed by atoms with Crippen LogP contribution >= 0.6 is 0 Å². The number of likely N-dealkylation sites (tertiary alicyclic amines) is 2. The van der Waals surface area contributed by atoms with Crippen LogP contribution in [0.1, 0.15) is 83.2 Å². The molecule has 3 N–H and O–H groups in total. The second kappa shape index (κ2) is 14.3. The van der Waals surface area contributed by atoms with Crippen LogP contribution in [0.15, 0.2) is 48.7 Å². The SMILES string of the molecule is COC[C@H]1C[C@@H](c2ncc(-c3ccc4c(c3)COc3cc5c(ccc6[nH]c([C@@H]7CC8C[C@H]8N7C(=O)[C@@H](NC(=O)OC)C(C)C)nc65)cc3-4)[nH]2)N(C(=O)OC(C)(C)C)C1. The zero-order chi connectivity index (χ0) is 40.6. The van der Waals surface area contributed by atoms with E-state index in [0.717, 1.165) is 86.4 Å². The molecule has 14 heteroatoms. The fraction of sp³-hybridized carbons (Fsp3) is 0.477. The van der Waals surface area contributed by atoms with E-state index in [1.165, 1.54) is 7.11 Å². The number of nitrogens with zero attached hydrogens (tertiary/aromatic N) is 4. The number of methoxy groups -OCH3 is 2. The van der Waals surface area contributed by atoms with E-state index in [0.29, 0.717) is 25.7 Å². The Morgan fingerprint density at radius 2 is 1.81 bits per heavy atom. The first-order valence-electron chi connectivity index (χ1n) is 20.2. The number of fused-ring (bicyclic) bond motifs is 7. The number of hydrogen-bond donors (Lipinski definition) is 3. The Morgan fingerprint density at radius 3 is 2.57 bits per heavy atom. The van der Waals surface area contributed by atoms with Gasteiger partial charge in [0.1, 0.15) is 35.6 Å². The number of carbonyl (C=O) groups excluding carboxylic acids is 3. The average Bonchev–Trinajstić information content (AvgIpc) is 3.66. The molecule has 2 aromatic heterocycles. The van der Waals surface area contributed by atoms with Gasteiger partial charge >= 0.3 is 12.2 Å². The number of alkyl carbamates (subject to hydrolysis) is 1. The first-order chi connectivity index (χ1) is 27.8. The number of piperidine rings is 1. The van der Waals surface area contributed by atoms with Crippen molar-refractivity contribution in [1.29, 1.82) is 0 Å². The number of ether oxygens (including phenoxy) is 4. The van der Waals surface area contributed by atoms with E-state index < -0.39 is 17.7 Å². The van der Waals surface area contributed by atoms with Crippen LogP contribution in [0.4, 0.5) is 9.59 Å². The van der Waals surface area contributed by atoms with E-state index in [1.54, 1.807) is 12.0 Å². The van der Waals surface area contributed by atoms with Crippen molar-refractivity contribution in [3.05, 3.63) is 65.9 Å². The lowest BCUT2D eigenvalue weighted by Crippen LogP contribution is -2.52. The van der Waals surface area contributed by atoms with Gasteiger partial charge in [-0.2, -0.15) is 0 Å². The number of aromatic amines is 2. The summed E-state index contributed by atoms with van der Waals surface area (Å²) in [6.45, 7) is 11.0. The molecule has 2 saturated heterocycles. The normalized spacial score (nSPS) is 22.7. The molecular weight excluding hydrogens is 739 g/mol. The quantitative estimate of drug-likeness (QED) is 0.143. The third-order valence-electron chi connectivity index (χ3n) is 12.1. The molecule has 58 heavy (non-hydrogen) atoms. The van der Waals surface area contributed by atoms with Crippen LogP contribution in [0.25, 0.3) is 44.2 Å².